The molecule has 0 aromatic carbocycles. The van der Waals surface area contributed by atoms with Crippen LogP contribution in [0.2, 0.25) is 0 Å². The Morgan fingerprint density at radius 3 is 0.720 bits per heavy atom. The Kier molecular flexibility index (Phi) is 28.3. The Labute approximate surface area is 174 Å². The Morgan fingerprint density at radius 2 is 0.720 bits per heavy atom. The van der Waals surface area contributed by atoms with Gasteiger partial charge in [0.1, 0.15) is 0 Å². The van der Waals surface area contributed by atoms with Gasteiger partial charge in [0.25, 0.3) is 0 Å². The number of hydrogen-bond acceptors (Lipinski definition) is 6. The van der Waals surface area contributed by atoms with Gasteiger partial charge in [0, 0.05) is 51.9 Å². The molecule has 0 aromatic heterocycles. The minimum Gasteiger partial charge on any atom is -0.391 e. The first kappa shape index (κ1) is 36.5. The summed E-state index contributed by atoms with van der Waals surface area (Å²) in [4.78, 5) is 0. The van der Waals surface area contributed by atoms with Crippen molar-refractivity contribution in [2.75, 3.05) is 14.2 Å². The zero-order valence-corrected chi connectivity index (χ0v) is 22.0. The first-order valence-electron chi connectivity index (χ1n) is 8.23. The molecule has 0 amide bonds. The minimum atomic E-state index is -0.597. The second-order valence-corrected chi connectivity index (χ2v) is 8.08. The van der Waals surface area contributed by atoms with E-state index in [1.54, 1.807) is 41.5 Å². The number of methoxy groups -OCH3 is 2. The van der Waals surface area contributed by atoms with Crippen LogP contribution in [0.4, 0.5) is 0 Å². The molecule has 7 heteroatoms. The smallest absolute Gasteiger partial charge is 0.156 e. The van der Waals surface area contributed by atoms with Crippen molar-refractivity contribution in [3.8, 4) is 0 Å². The molecule has 0 fully saturated rings. The third-order valence-electron chi connectivity index (χ3n) is 1.62. The summed E-state index contributed by atoms with van der Waals surface area (Å²) in [7, 11) is 2.98. The summed E-state index contributed by atoms with van der Waals surface area (Å²) in [5.74, 6) is 0.398. The van der Waals surface area contributed by atoms with Crippen molar-refractivity contribution in [1.82, 2.24) is 0 Å². The van der Waals surface area contributed by atoms with E-state index in [4.69, 9.17) is 20.4 Å². The van der Waals surface area contributed by atoms with E-state index in [9.17, 15) is 0 Å². The number of rotatable bonds is 4. The van der Waals surface area contributed by atoms with Crippen LogP contribution in [-0.4, -0.2) is 58.4 Å². The van der Waals surface area contributed by atoms with Crippen LogP contribution < -0.4 is 0 Å². The van der Waals surface area contributed by atoms with Crippen molar-refractivity contribution in [1.29, 1.82) is 0 Å². The zero-order chi connectivity index (χ0) is 20.7. The van der Waals surface area contributed by atoms with Crippen LogP contribution in [-0.2, 0) is 35.3 Å². The number of aliphatic hydroxyl groups is 4. The minimum absolute atomic E-state index is 0. The zero-order valence-electron chi connectivity index (χ0n) is 18.4. The van der Waals surface area contributed by atoms with Gasteiger partial charge in [0.15, 0.2) is 12.6 Å². The molecule has 6 nitrogen and oxygen atoms in total. The first-order chi connectivity index (χ1) is 10.4. The quantitative estimate of drug-likeness (QED) is 0.327. The largest absolute Gasteiger partial charge is 0.391 e. The molecule has 25 heavy (non-hydrogen) atoms. The van der Waals surface area contributed by atoms with Crippen LogP contribution in [0.25, 0.3) is 0 Å². The first-order valence-corrected chi connectivity index (χ1v) is 8.23. The van der Waals surface area contributed by atoms with Gasteiger partial charge < -0.3 is 29.9 Å². The molecule has 0 aliphatic heterocycles. The maximum absolute atomic E-state index is 8.71. The predicted octanol–water partition coefficient (Wildman–Crippen LogP) is 2.77. The fourth-order valence-electron chi connectivity index (χ4n) is 0.544. The third kappa shape index (κ3) is 79.1. The van der Waals surface area contributed by atoms with Gasteiger partial charge >= 0.3 is 0 Å². The van der Waals surface area contributed by atoms with E-state index >= 15 is 0 Å². The van der Waals surface area contributed by atoms with Crippen molar-refractivity contribution in [2.45, 2.75) is 93.0 Å². The normalized spacial score (nSPS) is 13.2. The molecule has 0 radical (unpaired) electrons. The monoisotopic (exact) mass is 536 g/mol. The van der Waals surface area contributed by atoms with E-state index in [1.165, 1.54) is 14.2 Å². The second kappa shape index (κ2) is 19.4. The van der Waals surface area contributed by atoms with Crippen LogP contribution in [0.5, 0.6) is 0 Å². The van der Waals surface area contributed by atoms with Gasteiger partial charge in [-0.2, -0.15) is 0 Å². The maximum atomic E-state index is 8.71. The number of ether oxygens (including phenoxy) is 2. The average molecular weight is 535 g/mol. The van der Waals surface area contributed by atoms with Gasteiger partial charge in [0.2, 0.25) is 0 Å². The standard InChI is InChI=1S/2C5H12O2.2C4H10O.Hf/c2*1-4(2)5(6)7-3;2*1-4(2,3)5;/h2*4-6H,1-3H3;2*5H,1-3H3;. The van der Waals surface area contributed by atoms with Crippen molar-refractivity contribution >= 4 is 0 Å². The summed E-state index contributed by atoms with van der Waals surface area (Å²) in [6.45, 7) is 18.0. The average Bonchev–Trinajstić information content (AvgIpc) is 2.33. The summed E-state index contributed by atoms with van der Waals surface area (Å²) in [5, 5.41) is 34.5. The fourth-order valence-corrected chi connectivity index (χ4v) is 0.544. The Balaban J connectivity index is -0.0000000711. The molecule has 2 unspecified atom stereocenters. The van der Waals surface area contributed by atoms with Crippen molar-refractivity contribution in [3.63, 3.8) is 0 Å². The van der Waals surface area contributed by atoms with E-state index in [2.05, 4.69) is 9.47 Å². The van der Waals surface area contributed by atoms with Crippen LogP contribution in [0.1, 0.15) is 69.2 Å². The molecule has 0 aromatic rings. The van der Waals surface area contributed by atoms with Crippen LogP contribution in [0.3, 0.4) is 0 Å². The molecule has 0 saturated carbocycles. The molecule has 156 valence electrons. The molecular weight excluding hydrogens is 491 g/mol. The molecule has 0 aliphatic rings. The maximum Gasteiger partial charge on any atom is 0.156 e. The molecule has 0 spiro atoms. The second-order valence-electron chi connectivity index (χ2n) is 8.08. The molecule has 0 bridgehead atoms. The van der Waals surface area contributed by atoms with Crippen molar-refractivity contribution in [3.05, 3.63) is 0 Å². The predicted molar refractivity (Wildman–Crippen MR) is 99.7 cm³/mol. The Bertz CT molecular complexity index is 209. The van der Waals surface area contributed by atoms with Gasteiger partial charge in [-0.05, 0) is 41.5 Å². The Morgan fingerprint density at radius 1 is 0.600 bits per heavy atom. The van der Waals surface area contributed by atoms with Gasteiger partial charge in [-0.1, -0.05) is 27.7 Å². The van der Waals surface area contributed by atoms with Crippen LogP contribution in [0, 0.1) is 11.8 Å². The van der Waals surface area contributed by atoms with E-state index in [-0.39, 0.29) is 37.7 Å². The summed E-state index contributed by atoms with van der Waals surface area (Å²) in [5.41, 5.74) is -1.00. The molecule has 4 N–H and O–H groups in total. The number of aliphatic hydroxyl groups excluding tert-OH is 2. The summed E-state index contributed by atoms with van der Waals surface area (Å²) < 4.78 is 9.13. The van der Waals surface area contributed by atoms with E-state index in [1.807, 2.05) is 27.7 Å². The Hall–Kier alpha value is 0.630. The molecular formula is C18H44HfO6. The molecule has 0 heterocycles. The van der Waals surface area contributed by atoms with Crippen molar-refractivity contribution in [2.24, 2.45) is 11.8 Å². The summed E-state index contributed by atoms with van der Waals surface area (Å²) in [6, 6.07) is 0. The SMILES string of the molecule is CC(C)(C)O.CC(C)(C)O.COC(O)C(C)C.COC(O)C(C)C.[Hf]. The molecule has 2 atom stereocenters. The van der Waals surface area contributed by atoms with E-state index in [0.29, 0.717) is 0 Å². The third-order valence-corrected chi connectivity index (χ3v) is 1.62. The van der Waals surface area contributed by atoms with E-state index < -0.39 is 23.8 Å². The molecule has 0 saturated heterocycles. The summed E-state index contributed by atoms with van der Waals surface area (Å²) >= 11 is 0. The fraction of sp³-hybridized carbons (Fsp3) is 1.00. The van der Waals surface area contributed by atoms with E-state index in [0.717, 1.165) is 0 Å². The summed E-state index contributed by atoms with van der Waals surface area (Å²) in [6.07, 6.45) is -1.19. The van der Waals surface area contributed by atoms with Crippen LogP contribution >= 0.6 is 0 Å². The topological polar surface area (TPSA) is 99.4 Å². The van der Waals surface area contributed by atoms with Gasteiger partial charge in [-0.25, -0.2) is 0 Å². The number of hydrogen-bond donors (Lipinski definition) is 4. The van der Waals surface area contributed by atoms with Gasteiger partial charge in [0.05, 0.1) is 11.2 Å². The van der Waals surface area contributed by atoms with Crippen LogP contribution in [0.15, 0.2) is 0 Å². The van der Waals surface area contributed by atoms with Gasteiger partial charge in [-0.3, -0.25) is 0 Å². The van der Waals surface area contributed by atoms with Gasteiger partial charge in [-0.15, -0.1) is 0 Å². The molecule has 0 aliphatic carbocycles. The molecule has 0 rings (SSSR count). The van der Waals surface area contributed by atoms with Crippen molar-refractivity contribution < 1.29 is 55.7 Å².